The van der Waals surface area contributed by atoms with E-state index in [1.807, 2.05) is 31.3 Å². The highest BCUT2D eigenvalue weighted by Gasteiger charge is 2.26. The molecule has 5 heteroatoms. The Labute approximate surface area is 157 Å². The second-order valence-electron chi connectivity index (χ2n) is 6.69. The van der Waals surface area contributed by atoms with E-state index < -0.39 is 0 Å². The van der Waals surface area contributed by atoms with Gasteiger partial charge in [-0.15, -0.1) is 11.3 Å². The van der Waals surface area contributed by atoms with Gasteiger partial charge < -0.3 is 4.74 Å². The molecule has 0 unspecified atom stereocenters. The van der Waals surface area contributed by atoms with Crippen LogP contribution in [0.25, 0.3) is 21.2 Å². The lowest BCUT2D eigenvalue weighted by Gasteiger charge is -2.18. The summed E-state index contributed by atoms with van der Waals surface area (Å²) in [5.41, 5.74) is 1.49. The topological polar surface area (TPSA) is 52.1 Å². The Hall–Kier alpha value is -2.27. The first-order valence-corrected chi connectivity index (χ1v) is 10.1. The van der Waals surface area contributed by atoms with Crippen LogP contribution in [0.15, 0.2) is 36.7 Å². The zero-order valence-electron chi connectivity index (χ0n) is 14.9. The van der Waals surface area contributed by atoms with E-state index in [0.29, 0.717) is 18.2 Å². The lowest BCUT2D eigenvalue weighted by Crippen LogP contribution is -2.08. The summed E-state index contributed by atoms with van der Waals surface area (Å²) in [7, 11) is 0. The number of nitrogens with zero attached hydrogens (tertiary/aromatic N) is 2. The van der Waals surface area contributed by atoms with Gasteiger partial charge >= 0.3 is 5.97 Å². The van der Waals surface area contributed by atoms with Crippen LogP contribution in [0.4, 0.5) is 0 Å². The monoisotopic (exact) mass is 366 g/mol. The summed E-state index contributed by atoms with van der Waals surface area (Å²) in [6, 6.07) is 8.11. The molecular formula is C21H22N2O2S. The number of fused-ring (bicyclic) bond motifs is 1. The van der Waals surface area contributed by atoms with Gasteiger partial charge in [-0.1, -0.05) is 37.5 Å². The minimum Gasteiger partial charge on any atom is -0.461 e. The molecule has 0 aliphatic heterocycles. The Kier molecular flexibility index (Phi) is 4.98. The van der Waals surface area contributed by atoms with Gasteiger partial charge in [0.25, 0.3) is 0 Å². The van der Waals surface area contributed by atoms with Gasteiger partial charge in [-0.25, -0.2) is 9.78 Å². The molecule has 0 atom stereocenters. The summed E-state index contributed by atoms with van der Waals surface area (Å²) in [4.78, 5) is 22.5. The van der Waals surface area contributed by atoms with Gasteiger partial charge in [0.15, 0.2) is 5.69 Å². The van der Waals surface area contributed by atoms with Crippen LogP contribution in [0.5, 0.6) is 0 Å². The molecule has 4 rings (SSSR count). The number of carbonyl (C=O) groups excluding carboxylic acids is 1. The van der Waals surface area contributed by atoms with Crippen LogP contribution in [0, 0.1) is 0 Å². The van der Waals surface area contributed by atoms with Crippen molar-refractivity contribution in [2.24, 2.45) is 0 Å². The van der Waals surface area contributed by atoms with Crippen molar-refractivity contribution >= 4 is 28.1 Å². The molecule has 1 fully saturated rings. The number of aromatic nitrogens is 2. The maximum absolute atomic E-state index is 12.6. The molecule has 1 saturated carbocycles. The summed E-state index contributed by atoms with van der Waals surface area (Å²) in [5.74, 6) is 0.138. The number of ether oxygens (including phenoxy) is 1. The van der Waals surface area contributed by atoms with Gasteiger partial charge in [-0.2, -0.15) is 0 Å². The minimum atomic E-state index is -0.327. The molecule has 2 aromatic heterocycles. The highest BCUT2D eigenvalue weighted by Crippen LogP contribution is 2.41. The van der Waals surface area contributed by atoms with Crippen molar-refractivity contribution in [3.8, 4) is 10.4 Å². The molecule has 3 aromatic rings. The third-order valence-corrected chi connectivity index (χ3v) is 6.24. The lowest BCUT2D eigenvalue weighted by molar-refractivity contribution is 0.0521. The third kappa shape index (κ3) is 3.23. The molecule has 26 heavy (non-hydrogen) atoms. The predicted molar refractivity (Wildman–Crippen MR) is 105 cm³/mol. The van der Waals surface area contributed by atoms with Gasteiger partial charge in [0.05, 0.1) is 16.5 Å². The van der Waals surface area contributed by atoms with Gasteiger partial charge in [0.1, 0.15) is 0 Å². The first kappa shape index (κ1) is 17.2. The van der Waals surface area contributed by atoms with Crippen molar-refractivity contribution in [2.75, 3.05) is 6.61 Å². The van der Waals surface area contributed by atoms with Crippen LogP contribution in [0.2, 0.25) is 0 Å². The van der Waals surface area contributed by atoms with E-state index in [9.17, 15) is 4.79 Å². The SMILES string of the molecule is CCOC(=O)c1nc(C2CCCCC2)sc1-c1cccc2cnccc12. The van der Waals surface area contributed by atoms with Crippen molar-refractivity contribution in [2.45, 2.75) is 44.9 Å². The fraction of sp³-hybridized carbons (Fsp3) is 0.381. The van der Waals surface area contributed by atoms with E-state index in [0.717, 1.165) is 39.1 Å². The molecule has 4 nitrogen and oxygen atoms in total. The first-order valence-electron chi connectivity index (χ1n) is 9.29. The minimum absolute atomic E-state index is 0.327. The van der Waals surface area contributed by atoms with E-state index in [1.165, 1.54) is 19.3 Å². The highest BCUT2D eigenvalue weighted by atomic mass is 32.1. The van der Waals surface area contributed by atoms with E-state index in [1.54, 1.807) is 17.5 Å². The van der Waals surface area contributed by atoms with Crippen LogP contribution in [0.3, 0.4) is 0 Å². The van der Waals surface area contributed by atoms with E-state index >= 15 is 0 Å². The predicted octanol–water partition coefficient (Wildman–Crippen LogP) is 5.58. The highest BCUT2D eigenvalue weighted by molar-refractivity contribution is 7.15. The molecular weight excluding hydrogens is 344 g/mol. The van der Waals surface area contributed by atoms with Crippen molar-refractivity contribution < 1.29 is 9.53 Å². The molecule has 0 radical (unpaired) electrons. The lowest BCUT2D eigenvalue weighted by atomic mass is 9.90. The quantitative estimate of drug-likeness (QED) is 0.565. The van der Waals surface area contributed by atoms with Gasteiger partial charge in [0, 0.05) is 29.3 Å². The molecule has 2 heterocycles. The van der Waals surface area contributed by atoms with Crippen LogP contribution in [0.1, 0.15) is 60.4 Å². The standard InChI is InChI=1S/C21H22N2O2S/c1-2-25-21(24)18-19(26-20(23-18)14-7-4-3-5-8-14)17-10-6-9-15-13-22-12-11-16(15)17/h6,9-14H,2-5,7-8H2,1H3. The van der Waals surface area contributed by atoms with Crippen molar-refractivity contribution in [3.63, 3.8) is 0 Å². The summed E-state index contributed by atoms with van der Waals surface area (Å²) in [6.07, 6.45) is 9.76. The van der Waals surface area contributed by atoms with Crippen LogP contribution in [-0.4, -0.2) is 22.5 Å². The number of hydrogen-bond acceptors (Lipinski definition) is 5. The molecule has 0 saturated heterocycles. The third-order valence-electron chi connectivity index (χ3n) is 4.99. The number of pyridine rings is 1. The van der Waals surface area contributed by atoms with E-state index in [2.05, 4.69) is 11.1 Å². The van der Waals surface area contributed by atoms with E-state index in [4.69, 9.17) is 9.72 Å². The maximum Gasteiger partial charge on any atom is 0.358 e. The average Bonchev–Trinajstić information content (AvgIpc) is 3.14. The average molecular weight is 366 g/mol. The molecule has 1 aliphatic carbocycles. The summed E-state index contributed by atoms with van der Waals surface area (Å²) in [6.45, 7) is 2.18. The Bertz CT molecular complexity index is 923. The number of benzene rings is 1. The normalized spacial score (nSPS) is 15.3. The van der Waals surface area contributed by atoms with E-state index in [-0.39, 0.29) is 5.97 Å². The Balaban J connectivity index is 1.85. The van der Waals surface area contributed by atoms with Gasteiger partial charge in [-0.3, -0.25) is 4.98 Å². The van der Waals surface area contributed by atoms with Gasteiger partial charge in [0.2, 0.25) is 0 Å². The Morgan fingerprint density at radius 2 is 2.08 bits per heavy atom. The molecule has 0 bridgehead atoms. The second-order valence-corrected chi connectivity index (χ2v) is 7.72. The Morgan fingerprint density at radius 3 is 2.88 bits per heavy atom. The molecule has 1 aliphatic rings. The second kappa shape index (κ2) is 7.54. The van der Waals surface area contributed by atoms with Gasteiger partial charge in [-0.05, 0) is 31.2 Å². The molecule has 1 aromatic carbocycles. The maximum atomic E-state index is 12.6. The number of rotatable bonds is 4. The largest absolute Gasteiger partial charge is 0.461 e. The molecule has 0 N–H and O–H groups in total. The molecule has 0 spiro atoms. The van der Waals surface area contributed by atoms with Crippen LogP contribution < -0.4 is 0 Å². The van der Waals surface area contributed by atoms with Crippen LogP contribution in [-0.2, 0) is 4.74 Å². The smallest absolute Gasteiger partial charge is 0.358 e. The number of hydrogen-bond donors (Lipinski definition) is 0. The molecule has 0 amide bonds. The zero-order chi connectivity index (χ0) is 17.9. The van der Waals surface area contributed by atoms with Crippen molar-refractivity contribution in [1.29, 1.82) is 0 Å². The fourth-order valence-corrected chi connectivity index (χ4v) is 4.96. The van der Waals surface area contributed by atoms with Crippen LogP contribution >= 0.6 is 11.3 Å². The first-order chi connectivity index (χ1) is 12.8. The number of carbonyl (C=O) groups is 1. The summed E-state index contributed by atoms with van der Waals surface area (Å²) in [5, 5.41) is 3.23. The molecule has 134 valence electrons. The number of thiazole rings is 1. The number of esters is 1. The summed E-state index contributed by atoms with van der Waals surface area (Å²) < 4.78 is 5.30. The zero-order valence-corrected chi connectivity index (χ0v) is 15.7. The van der Waals surface area contributed by atoms with Crippen molar-refractivity contribution in [1.82, 2.24) is 9.97 Å². The fourth-order valence-electron chi connectivity index (χ4n) is 3.70. The van der Waals surface area contributed by atoms with Crippen molar-refractivity contribution in [3.05, 3.63) is 47.4 Å². The Morgan fingerprint density at radius 1 is 1.23 bits per heavy atom. The summed E-state index contributed by atoms with van der Waals surface area (Å²) >= 11 is 1.66.